The van der Waals surface area contributed by atoms with E-state index in [1.807, 2.05) is 7.05 Å². The molecule has 0 amide bonds. The second-order valence-electron chi connectivity index (χ2n) is 4.69. The van der Waals surface area contributed by atoms with E-state index in [1.54, 1.807) is 0 Å². The van der Waals surface area contributed by atoms with Gasteiger partial charge >= 0.3 is 0 Å². The summed E-state index contributed by atoms with van der Waals surface area (Å²) < 4.78 is 2.33. The van der Waals surface area contributed by atoms with Gasteiger partial charge in [0.2, 0.25) is 0 Å². The smallest absolute Gasteiger partial charge is 0.0482 e. The Bertz CT molecular complexity index is 523. The van der Waals surface area contributed by atoms with Gasteiger partial charge in [0.05, 0.1) is 0 Å². The molecule has 0 fully saturated rings. The van der Waals surface area contributed by atoms with Crippen LogP contribution in [-0.4, -0.2) is 18.2 Å². The van der Waals surface area contributed by atoms with Gasteiger partial charge in [0, 0.05) is 36.6 Å². The summed E-state index contributed by atoms with van der Waals surface area (Å²) in [7, 11) is 4.18. The Labute approximate surface area is 104 Å². The number of likely N-dealkylation sites (N-methyl/N-ethyl adjacent to an activating group) is 1. The van der Waals surface area contributed by atoms with Gasteiger partial charge in [-0.05, 0) is 43.7 Å². The molecule has 1 aromatic heterocycles. The molecule has 0 saturated carbocycles. The molecule has 0 atom stereocenters. The van der Waals surface area contributed by atoms with E-state index < -0.39 is 0 Å². The van der Waals surface area contributed by atoms with Crippen LogP contribution in [0.3, 0.4) is 0 Å². The zero-order valence-corrected chi connectivity index (χ0v) is 11.3. The monoisotopic (exact) mass is 230 g/mol. The molecule has 0 aliphatic carbocycles. The third-order valence-electron chi connectivity index (χ3n) is 3.68. The minimum absolute atomic E-state index is 1.03. The molecule has 0 aliphatic rings. The second-order valence-corrected chi connectivity index (χ2v) is 4.69. The summed E-state index contributed by atoms with van der Waals surface area (Å²) in [5.41, 5.74) is 5.66. The van der Waals surface area contributed by atoms with Gasteiger partial charge in [-0.3, -0.25) is 0 Å². The molecular formula is C15H22N2. The van der Waals surface area contributed by atoms with Gasteiger partial charge in [-0.15, -0.1) is 0 Å². The van der Waals surface area contributed by atoms with Crippen molar-refractivity contribution < 1.29 is 0 Å². The minimum atomic E-state index is 1.03. The maximum Gasteiger partial charge on any atom is 0.0482 e. The van der Waals surface area contributed by atoms with Crippen molar-refractivity contribution in [3.8, 4) is 0 Å². The Morgan fingerprint density at radius 3 is 2.71 bits per heavy atom. The summed E-state index contributed by atoms with van der Waals surface area (Å²) in [4.78, 5) is 0. The van der Waals surface area contributed by atoms with Gasteiger partial charge in [0.15, 0.2) is 0 Å². The number of aryl methyl sites for hydroxylation is 3. The topological polar surface area (TPSA) is 17.0 Å². The number of nitrogens with zero attached hydrogens (tertiary/aromatic N) is 1. The molecule has 2 rings (SSSR count). The summed E-state index contributed by atoms with van der Waals surface area (Å²) in [6.07, 6.45) is 2.20. The van der Waals surface area contributed by atoms with E-state index in [0.29, 0.717) is 0 Å². The molecule has 0 aliphatic heterocycles. The van der Waals surface area contributed by atoms with Crippen LogP contribution in [0.5, 0.6) is 0 Å². The first-order valence-electron chi connectivity index (χ1n) is 6.40. The number of aromatic nitrogens is 1. The van der Waals surface area contributed by atoms with Crippen LogP contribution in [0.15, 0.2) is 18.2 Å². The van der Waals surface area contributed by atoms with Crippen LogP contribution in [0.25, 0.3) is 10.9 Å². The number of benzene rings is 1. The Morgan fingerprint density at radius 1 is 1.29 bits per heavy atom. The van der Waals surface area contributed by atoms with Crippen molar-refractivity contribution in [2.24, 2.45) is 7.05 Å². The first-order chi connectivity index (χ1) is 8.19. The van der Waals surface area contributed by atoms with Gasteiger partial charge in [-0.1, -0.05) is 13.0 Å². The van der Waals surface area contributed by atoms with Crippen molar-refractivity contribution in [1.29, 1.82) is 0 Å². The summed E-state index contributed by atoms with van der Waals surface area (Å²) in [6.45, 7) is 5.49. The zero-order valence-electron chi connectivity index (χ0n) is 11.3. The van der Waals surface area contributed by atoms with Crippen LogP contribution in [0.4, 0.5) is 0 Å². The highest BCUT2D eigenvalue weighted by Gasteiger charge is 2.11. The van der Waals surface area contributed by atoms with Crippen LogP contribution in [-0.2, 0) is 19.9 Å². The fourth-order valence-corrected chi connectivity index (χ4v) is 2.55. The first-order valence-corrected chi connectivity index (χ1v) is 6.40. The first kappa shape index (κ1) is 12.2. The van der Waals surface area contributed by atoms with Crippen LogP contribution in [0.2, 0.25) is 0 Å². The van der Waals surface area contributed by atoms with Crippen molar-refractivity contribution in [2.45, 2.75) is 26.7 Å². The molecular weight excluding hydrogens is 208 g/mol. The Kier molecular flexibility index (Phi) is 3.53. The maximum absolute atomic E-state index is 3.22. The summed E-state index contributed by atoms with van der Waals surface area (Å²) in [6, 6.07) is 6.83. The highest BCUT2D eigenvalue weighted by atomic mass is 15.0. The highest BCUT2D eigenvalue weighted by molar-refractivity contribution is 5.86. The number of nitrogens with one attached hydrogen (secondary N) is 1. The quantitative estimate of drug-likeness (QED) is 0.854. The van der Waals surface area contributed by atoms with Gasteiger partial charge < -0.3 is 9.88 Å². The zero-order chi connectivity index (χ0) is 12.4. The minimum Gasteiger partial charge on any atom is -0.347 e. The highest BCUT2D eigenvalue weighted by Crippen LogP contribution is 2.26. The molecule has 92 valence electrons. The molecule has 1 heterocycles. The number of rotatable bonds is 4. The van der Waals surface area contributed by atoms with Gasteiger partial charge in [0.25, 0.3) is 0 Å². The van der Waals surface area contributed by atoms with Gasteiger partial charge in [-0.25, -0.2) is 0 Å². The lowest BCUT2D eigenvalue weighted by atomic mass is 10.1. The van der Waals surface area contributed by atoms with Gasteiger partial charge in [0.1, 0.15) is 0 Å². The van der Waals surface area contributed by atoms with E-state index in [2.05, 4.69) is 49.0 Å². The predicted octanol–water partition coefficient (Wildman–Crippen LogP) is 2.81. The van der Waals surface area contributed by atoms with Crippen molar-refractivity contribution in [1.82, 2.24) is 9.88 Å². The normalized spacial score (nSPS) is 11.3. The van der Waals surface area contributed by atoms with E-state index in [4.69, 9.17) is 0 Å². The lowest BCUT2D eigenvalue weighted by Gasteiger charge is -2.05. The molecule has 2 aromatic rings. The van der Waals surface area contributed by atoms with Crippen LogP contribution < -0.4 is 5.32 Å². The largest absolute Gasteiger partial charge is 0.347 e. The summed E-state index contributed by atoms with van der Waals surface area (Å²) in [5.74, 6) is 0. The molecule has 0 bridgehead atoms. The van der Waals surface area contributed by atoms with Crippen molar-refractivity contribution in [2.75, 3.05) is 13.6 Å². The second kappa shape index (κ2) is 4.92. The Morgan fingerprint density at radius 2 is 2.06 bits per heavy atom. The van der Waals surface area contributed by atoms with Gasteiger partial charge in [-0.2, -0.15) is 0 Å². The average molecular weight is 230 g/mol. The third-order valence-corrected chi connectivity index (χ3v) is 3.68. The van der Waals surface area contributed by atoms with E-state index >= 15 is 0 Å². The van der Waals surface area contributed by atoms with Crippen molar-refractivity contribution in [3.63, 3.8) is 0 Å². The molecule has 17 heavy (non-hydrogen) atoms. The molecule has 1 N–H and O–H groups in total. The lowest BCUT2D eigenvalue weighted by Crippen LogP contribution is -2.12. The molecule has 0 radical (unpaired) electrons. The fraction of sp³-hybridized carbons (Fsp3) is 0.467. The van der Waals surface area contributed by atoms with Crippen LogP contribution in [0, 0.1) is 6.92 Å². The lowest BCUT2D eigenvalue weighted by molar-refractivity contribution is 0.742. The summed E-state index contributed by atoms with van der Waals surface area (Å²) in [5, 5.41) is 4.64. The maximum atomic E-state index is 3.22. The van der Waals surface area contributed by atoms with E-state index in [1.165, 1.54) is 27.7 Å². The van der Waals surface area contributed by atoms with Crippen LogP contribution >= 0.6 is 0 Å². The molecule has 0 spiro atoms. The Hall–Kier alpha value is -1.28. The molecule has 2 nitrogen and oxygen atoms in total. The average Bonchev–Trinajstić information content (AvgIpc) is 2.59. The van der Waals surface area contributed by atoms with Crippen LogP contribution in [0.1, 0.15) is 23.7 Å². The third kappa shape index (κ3) is 2.09. The van der Waals surface area contributed by atoms with Crippen molar-refractivity contribution >= 4 is 10.9 Å². The predicted molar refractivity (Wildman–Crippen MR) is 74.7 cm³/mol. The molecule has 0 saturated heterocycles. The van der Waals surface area contributed by atoms with Crippen molar-refractivity contribution in [3.05, 3.63) is 35.0 Å². The number of fused-ring (bicyclic) bond motifs is 1. The fourth-order valence-electron chi connectivity index (χ4n) is 2.55. The van der Waals surface area contributed by atoms with E-state index in [9.17, 15) is 0 Å². The number of hydrogen-bond donors (Lipinski definition) is 1. The standard InChI is InChI=1S/C15H22N2/c1-5-12-6-7-15-13(10-12)11(2)14(17(15)4)8-9-16-3/h6-7,10,16H,5,8-9H2,1-4H3. The number of hydrogen-bond acceptors (Lipinski definition) is 1. The van der Waals surface area contributed by atoms with E-state index in [-0.39, 0.29) is 0 Å². The SMILES string of the molecule is CCc1ccc2c(c1)c(C)c(CCNC)n2C. The molecule has 2 heteroatoms. The molecule has 0 unspecified atom stereocenters. The van der Waals surface area contributed by atoms with E-state index in [0.717, 1.165) is 19.4 Å². The Balaban J connectivity index is 2.54. The molecule has 1 aromatic carbocycles. The summed E-state index contributed by atoms with van der Waals surface area (Å²) >= 11 is 0.